The van der Waals surface area contributed by atoms with Crippen LogP contribution >= 0.6 is 0 Å². The molecule has 1 amide bonds. The van der Waals surface area contributed by atoms with Gasteiger partial charge in [0, 0.05) is 29.9 Å². The van der Waals surface area contributed by atoms with Crippen LogP contribution in [0.25, 0.3) is 17.1 Å². The number of carbonyl (C=O) groups is 1. The molecule has 1 unspecified atom stereocenters. The lowest BCUT2D eigenvalue weighted by molar-refractivity contribution is -0.124. The number of rotatable bonds is 7. The lowest BCUT2D eigenvalue weighted by Crippen LogP contribution is -2.39. The molecule has 0 radical (unpaired) electrons. The van der Waals surface area contributed by atoms with Crippen LogP contribution in [0.15, 0.2) is 70.3 Å². The Morgan fingerprint density at radius 3 is 2.38 bits per heavy atom. The van der Waals surface area contributed by atoms with E-state index in [9.17, 15) is 14.4 Å². The largest absolute Gasteiger partial charge is 0.352 e. The van der Waals surface area contributed by atoms with E-state index in [1.165, 1.54) is 16.8 Å². The summed E-state index contributed by atoms with van der Waals surface area (Å²) < 4.78 is 4.05. The van der Waals surface area contributed by atoms with Crippen molar-refractivity contribution in [1.82, 2.24) is 34.7 Å². The minimum Gasteiger partial charge on any atom is -0.352 e. The molecule has 0 aliphatic heterocycles. The van der Waals surface area contributed by atoms with Crippen molar-refractivity contribution in [3.63, 3.8) is 0 Å². The molecule has 10 heteroatoms. The van der Waals surface area contributed by atoms with Crippen LogP contribution in [0.1, 0.15) is 24.4 Å². The topological polar surface area (TPSA) is 117 Å². The second-order valence-corrected chi connectivity index (χ2v) is 7.93. The molecular weight excluding hydrogens is 434 g/mol. The van der Waals surface area contributed by atoms with Crippen LogP contribution in [0.3, 0.4) is 0 Å². The molecule has 4 aromatic rings. The van der Waals surface area contributed by atoms with Crippen molar-refractivity contribution in [2.24, 2.45) is 0 Å². The smallest absolute Gasteiger partial charge is 0.267 e. The van der Waals surface area contributed by atoms with Crippen LogP contribution in [-0.2, 0) is 11.3 Å². The van der Waals surface area contributed by atoms with E-state index >= 15 is 0 Å². The van der Waals surface area contributed by atoms with Gasteiger partial charge in [-0.15, -0.1) is 5.10 Å². The minimum atomic E-state index is -0.857. The fourth-order valence-corrected chi connectivity index (χ4v) is 3.58. The third kappa shape index (κ3) is 4.85. The van der Waals surface area contributed by atoms with Crippen molar-refractivity contribution in [2.45, 2.75) is 33.4 Å². The summed E-state index contributed by atoms with van der Waals surface area (Å²) in [7, 11) is 0. The number of benzene rings is 1. The summed E-state index contributed by atoms with van der Waals surface area (Å²) in [6.45, 7) is 5.70. The number of carbonyl (C=O) groups excluding carboxylic acids is 1. The van der Waals surface area contributed by atoms with Gasteiger partial charge in [0.15, 0.2) is 5.82 Å². The van der Waals surface area contributed by atoms with Gasteiger partial charge in [-0.05, 0) is 39.0 Å². The zero-order chi connectivity index (χ0) is 24.2. The Labute approximate surface area is 195 Å². The molecule has 3 aromatic heterocycles. The zero-order valence-corrected chi connectivity index (χ0v) is 19.2. The van der Waals surface area contributed by atoms with Gasteiger partial charge in [-0.2, -0.15) is 10.2 Å². The van der Waals surface area contributed by atoms with E-state index in [2.05, 4.69) is 20.6 Å². The first-order chi connectivity index (χ1) is 16.3. The number of amides is 1. The fraction of sp³-hybridized carbons (Fsp3) is 0.250. The van der Waals surface area contributed by atoms with Crippen molar-refractivity contribution < 1.29 is 4.79 Å². The van der Waals surface area contributed by atoms with Crippen molar-refractivity contribution in [3.05, 3.63) is 92.8 Å². The summed E-state index contributed by atoms with van der Waals surface area (Å²) in [6.07, 6.45) is 0. The highest BCUT2D eigenvalue weighted by Gasteiger charge is 2.18. The molecule has 1 aromatic carbocycles. The summed E-state index contributed by atoms with van der Waals surface area (Å²) in [6, 6.07) is 16.6. The average Bonchev–Trinajstić information content (AvgIpc) is 3.18. The van der Waals surface area contributed by atoms with Gasteiger partial charge in [-0.25, -0.2) is 14.0 Å². The first-order valence-electron chi connectivity index (χ1n) is 10.9. The maximum atomic E-state index is 12.7. The van der Waals surface area contributed by atoms with E-state index in [1.807, 2.05) is 50.2 Å². The molecule has 0 saturated heterocycles. The van der Waals surface area contributed by atoms with Gasteiger partial charge in [-0.1, -0.05) is 30.3 Å². The van der Waals surface area contributed by atoms with Crippen LogP contribution < -0.4 is 16.4 Å². The first-order valence-corrected chi connectivity index (χ1v) is 10.9. The Hall–Kier alpha value is -4.34. The van der Waals surface area contributed by atoms with Crippen molar-refractivity contribution in [3.8, 4) is 17.1 Å². The minimum absolute atomic E-state index is 0.167. The van der Waals surface area contributed by atoms with Crippen LogP contribution in [0, 0.1) is 13.8 Å². The number of hydrogen-bond acceptors (Lipinski definition) is 6. The van der Waals surface area contributed by atoms with Crippen molar-refractivity contribution >= 4 is 5.91 Å². The predicted octanol–water partition coefficient (Wildman–Crippen LogP) is 1.65. The molecule has 1 atom stereocenters. The maximum Gasteiger partial charge on any atom is 0.267 e. The Balaban J connectivity index is 1.45. The Bertz CT molecular complexity index is 1440. The van der Waals surface area contributed by atoms with Crippen LogP contribution in [-0.4, -0.2) is 41.8 Å². The molecule has 0 fully saturated rings. The number of aromatic nitrogens is 6. The number of nitrogens with one attached hydrogen (secondary N) is 1. The SMILES string of the molecule is Cc1cc(C)n(-c2ccc(=O)n(C(C)C(=O)NCCn3nc(-c4ccccc4)ccc3=O)n2)n1. The molecule has 0 aliphatic carbocycles. The van der Waals surface area contributed by atoms with E-state index in [-0.39, 0.29) is 18.6 Å². The van der Waals surface area contributed by atoms with Gasteiger partial charge in [0.05, 0.1) is 17.9 Å². The molecule has 3 heterocycles. The summed E-state index contributed by atoms with van der Waals surface area (Å²) in [4.78, 5) is 37.3. The van der Waals surface area contributed by atoms with E-state index in [1.54, 1.807) is 23.7 Å². The second kappa shape index (κ2) is 9.65. The molecule has 0 spiro atoms. The molecule has 1 N–H and O–H groups in total. The summed E-state index contributed by atoms with van der Waals surface area (Å²) >= 11 is 0. The van der Waals surface area contributed by atoms with Crippen LogP contribution in [0.4, 0.5) is 0 Å². The highest BCUT2D eigenvalue weighted by molar-refractivity contribution is 5.79. The Kier molecular flexibility index (Phi) is 6.48. The molecule has 10 nitrogen and oxygen atoms in total. The maximum absolute atomic E-state index is 12.7. The predicted molar refractivity (Wildman–Crippen MR) is 127 cm³/mol. The lowest BCUT2D eigenvalue weighted by atomic mass is 10.1. The molecule has 0 bridgehead atoms. The lowest BCUT2D eigenvalue weighted by Gasteiger charge is -2.15. The third-order valence-electron chi connectivity index (χ3n) is 5.34. The number of hydrogen-bond donors (Lipinski definition) is 1. The number of aryl methyl sites for hydroxylation is 2. The van der Waals surface area contributed by atoms with Crippen molar-refractivity contribution in [1.29, 1.82) is 0 Å². The van der Waals surface area contributed by atoms with Gasteiger partial charge in [0.1, 0.15) is 6.04 Å². The molecule has 0 saturated carbocycles. The fourth-order valence-electron chi connectivity index (χ4n) is 3.58. The third-order valence-corrected chi connectivity index (χ3v) is 5.34. The first kappa shape index (κ1) is 22.8. The van der Waals surface area contributed by atoms with Gasteiger partial charge < -0.3 is 5.32 Å². The quantitative estimate of drug-likeness (QED) is 0.449. The monoisotopic (exact) mass is 459 g/mol. The van der Waals surface area contributed by atoms with Gasteiger partial charge in [0.25, 0.3) is 11.1 Å². The highest BCUT2D eigenvalue weighted by Crippen LogP contribution is 2.14. The van der Waals surface area contributed by atoms with E-state index < -0.39 is 17.5 Å². The van der Waals surface area contributed by atoms with Gasteiger partial charge in [0.2, 0.25) is 5.91 Å². The standard InChI is InChI=1S/C24H25N7O3/c1-16-15-17(2)30(26-16)21-10-12-23(33)31(28-21)18(3)24(34)25-13-14-29-22(32)11-9-20(27-29)19-7-5-4-6-8-19/h4-12,15,18H,13-14H2,1-3H3,(H,25,34). The normalized spacial score (nSPS) is 11.9. The Morgan fingerprint density at radius 1 is 0.941 bits per heavy atom. The average molecular weight is 460 g/mol. The Morgan fingerprint density at radius 2 is 1.68 bits per heavy atom. The summed E-state index contributed by atoms with van der Waals surface area (Å²) in [5.74, 6) is 0.0470. The summed E-state index contributed by atoms with van der Waals surface area (Å²) in [5, 5.41) is 15.9. The van der Waals surface area contributed by atoms with E-state index in [4.69, 9.17) is 0 Å². The van der Waals surface area contributed by atoms with E-state index in [0.29, 0.717) is 11.5 Å². The van der Waals surface area contributed by atoms with Gasteiger partial charge in [-0.3, -0.25) is 14.4 Å². The highest BCUT2D eigenvalue weighted by atomic mass is 16.2. The van der Waals surface area contributed by atoms with Crippen molar-refractivity contribution in [2.75, 3.05) is 6.54 Å². The van der Waals surface area contributed by atoms with Gasteiger partial charge >= 0.3 is 0 Å². The molecular formula is C24H25N7O3. The van der Waals surface area contributed by atoms with E-state index in [0.717, 1.165) is 21.6 Å². The molecule has 0 aliphatic rings. The zero-order valence-electron chi connectivity index (χ0n) is 19.2. The molecule has 34 heavy (non-hydrogen) atoms. The van der Waals surface area contributed by atoms with Crippen LogP contribution in [0.5, 0.6) is 0 Å². The molecule has 4 rings (SSSR count). The molecule has 174 valence electrons. The van der Waals surface area contributed by atoms with Crippen LogP contribution in [0.2, 0.25) is 0 Å². The summed E-state index contributed by atoms with van der Waals surface area (Å²) in [5.41, 5.74) is 2.57. The number of nitrogens with zero attached hydrogens (tertiary/aromatic N) is 6. The second-order valence-electron chi connectivity index (χ2n) is 7.93.